The van der Waals surface area contributed by atoms with Gasteiger partial charge >= 0.3 is 0 Å². The average molecular weight is 300 g/mol. The van der Waals surface area contributed by atoms with Gasteiger partial charge in [0, 0.05) is 12.0 Å². The largest absolute Gasteiger partial charge is 0.545 e. The van der Waals surface area contributed by atoms with Crippen LogP contribution in [0.2, 0.25) is 0 Å². The maximum atomic E-state index is 12.3. The summed E-state index contributed by atoms with van der Waals surface area (Å²) in [5, 5.41) is 13.6. The van der Waals surface area contributed by atoms with Gasteiger partial charge in [0.25, 0.3) is 5.91 Å². The van der Waals surface area contributed by atoms with Crippen molar-refractivity contribution in [2.75, 3.05) is 5.32 Å². The molecule has 0 atom stereocenters. The number of aromatic carboxylic acids is 1. The monoisotopic (exact) mass is 300 g/mol. The Morgan fingerprint density at radius 2 is 1.91 bits per heavy atom. The van der Waals surface area contributed by atoms with E-state index in [2.05, 4.69) is 19.2 Å². The molecule has 5 heteroatoms. The number of aryl methyl sites for hydroxylation is 1. The summed E-state index contributed by atoms with van der Waals surface area (Å²) in [4.78, 5) is 23.4. The van der Waals surface area contributed by atoms with E-state index < -0.39 is 11.9 Å². The summed E-state index contributed by atoms with van der Waals surface area (Å²) in [6.45, 7) is 5.84. The second-order valence-electron chi connectivity index (χ2n) is 5.57. The lowest BCUT2D eigenvalue weighted by Crippen LogP contribution is -2.24. The van der Waals surface area contributed by atoms with Gasteiger partial charge in [-0.25, -0.2) is 0 Å². The van der Waals surface area contributed by atoms with Crippen LogP contribution in [0.15, 0.2) is 34.7 Å². The Balaban J connectivity index is 2.23. The number of hydrogen-bond donors (Lipinski definition) is 1. The number of nitrogens with one attached hydrogen (secondary N) is 1. The lowest BCUT2D eigenvalue weighted by atomic mass is 10.1. The molecule has 0 spiro atoms. The number of hydrogen-bond acceptors (Lipinski definition) is 4. The van der Waals surface area contributed by atoms with Gasteiger partial charge in [-0.15, -0.1) is 0 Å². The summed E-state index contributed by atoms with van der Waals surface area (Å²) < 4.78 is 5.57. The van der Waals surface area contributed by atoms with Crippen molar-refractivity contribution in [3.63, 3.8) is 0 Å². The zero-order chi connectivity index (χ0) is 16.3. The maximum absolute atomic E-state index is 12.3. The number of para-hydroxylation sites is 1. The van der Waals surface area contributed by atoms with Crippen LogP contribution >= 0.6 is 0 Å². The van der Waals surface area contributed by atoms with Crippen LogP contribution in [0.5, 0.6) is 0 Å². The molecule has 2 aromatic rings. The van der Waals surface area contributed by atoms with E-state index in [1.807, 2.05) is 0 Å². The molecule has 0 fully saturated rings. The van der Waals surface area contributed by atoms with Crippen molar-refractivity contribution in [2.24, 2.45) is 5.92 Å². The first-order chi connectivity index (χ1) is 10.4. The van der Waals surface area contributed by atoms with E-state index in [9.17, 15) is 14.7 Å². The molecule has 5 nitrogen and oxygen atoms in total. The predicted octanol–water partition coefficient (Wildman–Crippen LogP) is 2.40. The number of anilines is 1. The van der Waals surface area contributed by atoms with Gasteiger partial charge in [0.2, 0.25) is 0 Å². The van der Waals surface area contributed by atoms with Crippen LogP contribution in [0, 0.1) is 12.8 Å². The van der Waals surface area contributed by atoms with E-state index >= 15 is 0 Å². The predicted molar refractivity (Wildman–Crippen MR) is 80.7 cm³/mol. The number of furan rings is 1. The quantitative estimate of drug-likeness (QED) is 0.919. The molecule has 116 valence electrons. The molecule has 0 saturated heterocycles. The number of carbonyl (C=O) groups excluding carboxylic acids is 2. The highest BCUT2D eigenvalue weighted by atomic mass is 16.4. The summed E-state index contributed by atoms with van der Waals surface area (Å²) in [6.07, 6.45) is 0.740. The third-order valence-corrected chi connectivity index (χ3v) is 3.22. The van der Waals surface area contributed by atoms with E-state index in [-0.39, 0.29) is 11.3 Å². The number of carbonyl (C=O) groups is 2. The van der Waals surface area contributed by atoms with Gasteiger partial charge in [0.1, 0.15) is 11.5 Å². The van der Waals surface area contributed by atoms with Crippen LogP contribution in [-0.2, 0) is 6.42 Å². The summed E-state index contributed by atoms with van der Waals surface area (Å²) >= 11 is 0. The minimum Gasteiger partial charge on any atom is -0.545 e. The van der Waals surface area contributed by atoms with E-state index in [0.29, 0.717) is 17.2 Å². The molecule has 2 rings (SSSR count). The first-order valence-corrected chi connectivity index (χ1v) is 7.09. The first-order valence-electron chi connectivity index (χ1n) is 7.09. The molecule has 1 heterocycles. The van der Waals surface area contributed by atoms with E-state index in [4.69, 9.17) is 4.42 Å². The summed E-state index contributed by atoms with van der Waals surface area (Å²) in [6, 6.07) is 7.83. The molecule has 0 aliphatic heterocycles. The highest BCUT2D eigenvalue weighted by Gasteiger charge is 2.17. The number of carboxylic acid groups (broad SMARTS) is 1. The standard InChI is InChI=1S/C17H19NO4/c1-10(2)8-12-9-14(11(3)22-12)16(19)18-15-7-5-4-6-13(15)17(20)21/h4-7,9-10H,8H2,1-3H3,(H,18,19)(H,20,21)/p-1. The number of rotatable bonds is 5. The van der Waals surface area contributed by atoms with Crippen molar-refractivity contribution in [1.82, 2.24) is 0 Å². The Morgan fingerprint density at radius 1 is 1.23 bits per heavy atom. The highest BCUT2D eigenvalue weighted by Crippen LogP contribution is 2.20. The van der Waals surface area contributed by atoms with Crippen molar-refractivity contribution < 1.29 is 19.1 Å². The second-order valence-corrected chi connectivity index (χ2v) is 5.57. The average Bonchev–Trinajstić information content (AvgIpc) is 2.79. The number of amides is 1. The molecule has 0 saturated carbocycles. The Morgan fingerprint density at radius 3 is 2.55 bits per heavy atom. The summed E-state index contributed by atoms with van der Waals surface area (Å²) in [7, 11) is 0. The minimum absolute atomic E-state index is 0.0561. The van der Waals surface area contributed by atoms with Crippen molar-refractivity contribution in [3.8, 4) is 0 Å². The lowest BCUT2D eigenvalue weighted by molar-refractivity contribution is -0.254. The van der Waals surface area contributed by atoms with E-state index in [1.165, 1.54) is 12.1 Å². The first kappa shape index (κ1) is 15.8. The topological polar surface area (TPSA) is 82.4 Å². The van der Waals surface area contributed by atoms with Crippen LogP contribution in [0.1, 0.15) is 46.1 Å². The number of benzene rings is 1. The van der Waals surface area contributed by atoms with Gasteiger partial charge < -0.3 is 19.6 Å². The fourth-order valence-corrected chi connectivity index (χ4v) is 2.23. The normalized spacial score (nSPS) is 10.7. The van der Waals surface area contributed by atoms with Gasteiger partial charge in [-0.1, -0.05) is 32.0 Å². The molecule has 22 heavy (non-hydrogen) atoms. The molecule has 1 aromatic heterocycles. The van der Waals surface area contributed by atoms with Gasteiger partial charge in [-0.05, 0) is 25.0 Å². The van der Waals surface area contributed by atoms with Gasteiger partial charge in [0.05, 0.1) is 17.2 Å². The van der Waals surface area contributed by atoms with Crippen molar-refractivity contribution in [3.05, 3.63) is 53.0 Å². The fraction of sp³-hybridized carbons (Fsp3) is 0.294. The Kier molecular flexibility index (Phi) is 4.65. The number of carboxylic acids is 1. The molecule has 1 N–H and O–H groups in total. The third-order valence-electron chi connectivity index (χ3n) is 3.22. The molecule has 0 aliphatic carbocycles. The van der Waals surface area contributed by atoms with Gasteiger partial charge in [0.15, 0.2) is 0 Å². The Labute approximate surface area is 129 Å². The Bertz CT molecular complexity index is 700. The molecule has 0 aliphatic rings. The summed E-state index contributed by atoms with van der Waals surface area (Å²) in [5.74, 6) is -0.0598. The Hall–Kier alpha value is -2.56. The smallest absolute Gasteiger partial charge is 0.259 e. The molecule has 0 unspecified atom stereocenters. The SMILES string of the molecule is Cc1oc(CC(C)C)cc1C(=O)Nc1ccccc1C(=O)[O-]. The van der Waals surface area contributed by atoms with Gasteiger partial charge in [-0.2, -0.15) is 0 Å². The second kappa shape index (κ2) is 6.47. The minimum atomic E-state index is -1.33. The zero-order valence-electron chi connectivity index (χ0n) is 12.8. The van der Waals surface area contributed by atoms with Crippen LogP contribution in [-0.4, -0.2) is 11.9 Å². The molecule has 0 bridgehead atoms. The van der Waals surface area contributed by atoms with Crippen LogP contribution in [0.4, 0.5) is 5.69 Å². The van der Waals surface area contributed by atoms with Crippen LogP contribution in [0.3, 0.4) is 0 Å². The maximum Gasteiger partial charge on any atom is 0.259 e. The molecular weight excluding hydrogens is 282 g/mol. The lowest BCUT2D eigenvalue weighted by Gasteiger charge is -2.11. The molecular formula is C17H18NO4-. The molecule has 1 aromatic carbocycles. The van der Waals surface area contributed by atoms with Crippen LogP contribution in [0.25, 0.3) is 0 Å². The van der Waals surface area contributed by atoms with Crippen molar-refractivity contribution in [1.29, 1.82) is 0 Å². The zero-order valence-corrected chi connectivity index (χ0v) is 12.8. The fourth-order valence-electron chi connectivity index (χ4n) is 2.23. The molecule has 0 radical (unpaired) electrons. The third kappa shape index (κ3) is 3.55. The van der Waals surface area contributed by atoms with Gasteiger partial charge in [-0.3, -0.25) is 4.79 Å². The summed E-state index contributed by atoms with van der Waals surface area (Å²) in [5.41, 5.74) is 0.557. The highest BCUT2D eigenvalue weighted by molar-refractivity contribution is 6.08. The van der Waals surface area contributed by atoms with E-state index in [0.717, 1.165) is 12.2 Å². The molecule has 1 amide bonds. The van der Waals surface area contributed by atoms with Crippen molar-refractivity contribution in [2.45, 2.75) is 27.2 Å². The van der Waals surface area contributed by atoms with E-state index in [1.54, 1.807) is 25.1 Å². The van der Waals surface area contributed by atoms with Crippen LogP contribution < -0.4 is 10.4 Å². The van der Waals surface area contributed by atoms with Crippen molar-refractivity contribution >= 4 is 17.6 Å².